The van der Waals surface area contributed by atoms with Crippen LogP contribution in [-0.4, -0.2) is 16.0 Å². The van der Waals surface area contributed by atoms with Crippen LogP contribution in [0.25, 0.3) is 0 Å². The van der Waals surface area contributed by atoms with E-state index < -0.39 is 16.6 Å². The second kappa shape index (κ2) is 6.33. The van der Waals surface area contributed by atoms with Crippen LogP contribution in [0, 0.1) is 5.82 Å². The molecular formula is C11H15ClFNOS. The Hall–Kier alpha value is -0.450. The van der Waals surface area contributed by atoms with Gasteiger partial charge >= 0.3 is 0 Å². The van der Waals surface area contributed by atoms with Gasteiger partial charge in [0.05, 0.1) is 15.8 Å². The molecule has 2 nitrogen and oxygen atoms in total. The van der Waals surface area contributed by atoms with Crippen molar-refractivity contribution in [1.82, 2.24) is 0 Å². The highest BCUT2D eigenvalue weighted by molar-refractivity contribution is 7.85. The molecule has 0 aliphatic carbocycles. The first kappa shape index (κ1) is 13.6. The van der Waals surface area contributed by atoms with Gasteiger partial charge in [-0.15, -0.1) is 0 Å². The van der Waals surface area contributed by atoms with Gasteiger partial charge in [0.15, 0.2) is 0 Å². The first-order valence-electron chi connectivity index (χ1n) is 5.13. The van der Waals surface area contributed by atoms with Crippen LogP contribution in [0.3, 0.4) is 0 Å². The summed E-state index contributed by atoms with van der Waals surface area (Å²) in [5.74, 6) is -0.115. The van der Waals surface area contributed by atoms with E-state index in [1.54, 1.807) is 0 Å². The van der Waals surface area contributed by atoms with Crippen molar-refractivity contribution in [2.45, 2.75) is 30.7 Å². The first-order valence-corrected chi connectivity index (χ1v) is 6.83. The highest BCUT2D eigenvalue weighted by Crippen LogP contribution is 2.18. The van der Waals surface area contributed by atoms with Crippen molar-refractivity contribution in [3.05, 3.63) is 29.0 Å². The van der Waals surface area contributed by atoms with E-state index in [2.05, 4.69) is 0 Å². The molecule has 0 fully saturated rings. The third-order valence-electron chi connectivity index (χ3n) is 2.18. The Morgan fingerprint density at radius 3 is 2.81 bits per heavy atom. The van der Waals surface area contributed by atoms with E-state index in [4.69, 9.17) is 17.3 Å². The summed E-state index contributed by atoms with van der Waals surface area (Å²) < 4.78 is 24.7. The van der Waals surface area contributed by atoms with Crippen molar-refractivity contribution in [2.75, 3.05) is 5.75 Å². The molecule has 2 unspecified atom stereocenters. The zero-order valence-corrected chi connectivity index (χ0v) is 10.7. The Balaban J connectivity index is 2.69. The molecule has 0 amide bonds. The van der Waals surface area contributed by atoms with Crippen LogP contribution in [-0.2, 0) is 10.8 Å². The number of nitrogens with two attached hydrogens (primary N) is 1. The van der Waals surface area contributed by atoms with Crippen LogP contribution in [0.5, 0.6) is 0 Å². The summed E-state index contributed by atoms with van der Waals surface area (Å²) in [5.41, 5.74) is 5.79. The second-order valence-corrected chi connectivity index (χ2v) is 5.54. The number of benzene rings is 1. The largest absolute Gasteiger partial charge is 0.327 e. The molecule has 5 heteroatoms. The average Bonchev–Trinajstić information content (AvgIpc) is 2.22. The number of halogens is 2. The molecule has 0 radical (unpaired) electrons. The topological polar surface area (TPSA) is 43.1 Å². The van der Waals surface area contributed by atoms with Gasteiger partial charge < -0.3 is 5.73 Å². The summed E-state index contributed by atoms with van der Waals surface area (Å²) in [6.45, 7) is 2.03. The van der Waals surface area contributed by atoms with E-state index in [1.165, 1.54) is 18.2 Å². The van der Waals surface area contributed by atoms with Crippen LogP contribution in [0.4, 0.5) is 4.39 Å². The van der Waals surface area contributed by atoms with Crippen LogP contribution >= 0.6 is 11.6 Å². The molecule has 90 valence electrons. The van der Waals surface area contributed by atoms with Crippen molar-refractivity contribution in [1.29, 1.82) is 0 Å². The summed E-state index contributed by atoms with van der Waals surface area (Å²) in [6.07, 6.45) is 1.79. The van der Waals surface area contributed by atoms with Gasteiger partial charge in [-0.05, 0) is 24.6 Å². The van der Waals surface area contributed by atoms with Crippen molar-refractivity contribution in [3.63, 3.8) is 0 Å². The predicted molar refractivity (Wildman–Crippen MR) is 65.6 cm³/mol. The van der Waals surface area contributed by atoms with Gasteiger partial charge in [0.2, 0.25) is 0 Å². The highest BCUT2D eigenvalue weighted by Gasteiger charge is 2.11. The number of hydrogen-bond acceptors (Lipinski definition) is 2. The van der Waals surface area contributed by atoms with E-state index >= 15 is 0 Å². The molecule has 2 atom stereocenters. The van der Waals surface area contributed by atoms with E-state index in [1.807, 2.05) is 6.92 Å². The summed E-state index contributed by atoms with van der Waals surface area (Å²) >= 11 is 5.61. The van der Waals surface area contributed by atoms with Gasteiger partial charge in [-0.2, -0.15) is 0 Å². The van der Waals surface area contributed by atoms with E-state index in [9.17, 15) is 8.60 Å². The molecule has 0 aliphatic heterocycles. The summed E-state index contributed by atoms with van der Waals surface area (Å²) in [7, 11) is -1.21. The molecule has 0 saturated heterocycles. The maximum Gasteiger partial charge on any atom is 0.141 e. The smallest absolute Gasteiger partial charge is 0.141 e. The van der Waals surface area contributed by atoms with Gasteiger partial charge in [-0.25, -0.2) is 4.39 Å². The fourth-order valence-electron chi connectivity index (χ4n) is 1.36. The minimum atomic E-state index is -1.21. The van der Waals surface area contributed by atoms with Crippen LogP contribution in [0.1, 0.15) is 19.8 Å². The standard InChI is InChI=1S/C11H15ClFNOS/c1-2-3-8(14)7-16(15)9-4-5-11(13)10(12)6-9/h4-6,8H,2-3,7,14H2,1H3. The Kier molecular flexibility index (Phi) is 5.38. The van der Waals surface area contributed by atoms with Crippen LogP contribution < -0.4 is 5.73 Å². The molecular weight excluding hydrogens is 249 g/mol. The highest BCUT2D eigenvalue weighted by atomic mass is 35.5. The minimum Gasteiger partial charge on any atom is -0.327 e. The van der Waals surface area contributed by atoms with Crippen molar-refractivity contribution in [3.8, 4) is 0 Å². The molecule has 2 N–H and O–H groups in total. The van der Waals surface area contributed by atoms with Gasteiger partial charge in [-0.3, -0.25) is 4.21 Å². The molecule has 1 rings (SSSR count). The predicted octanol–water partition coefficient (Wildman–Crippen LogP) is 2.71. The molecule has 0 aliphatic rings. The molecule has 1 aromatic carbocycles. The Labute approximate surface area is 102 Å². The van der Waals surface area contributed by atoms with Crippen LogP contribution in [0.2, 0.25) is 5.02 Å². The number of hydrogen-bond donors (Lipinski definition) is 1. The molecule has 0 bridgehead atoms. The lowest BCUT2D eigenvalue weighted by atomic mass is 10.2. The maximum absolute atomic E-state index is 12.9. The van der Waals surface area contributed by atoms with Gasteiger partial charge in [0, 0.05) is 16.7 Å². The van der Waals surface area contributed by atoms with Gasteiger partial charge in [0.25, 0.3) is 0 Å². The molecule has 0 saturated carbocycles. The van der Waals surface area contributed by atoms with Crippen molar-refractivity contribution >= 4 is 22.4 Å². The lowest BCUT2D eigenvalue weighted by molar-refractivity contribution is 0.625. The van der Waals surface area contributed by atoms with E-state index in [-0.39, 0.29) is 11.1 Å². The minimum absolute atomic E-state index is 0.00471. The fourth-order valence-corrected chi connectivity index (χ4v) is 2.83. The summed E-state index contributed by atoms with van der Waals surface area (Å²) in [6, 6.07) is 4.01. The zero-order valence-electron chi connectivity index (χ0n) is 9.08. The zero-order chi connectivity index (χ0) is 12.1. The first-order chi connectivity index (χ1) is 7.54. The fraction of sp³-hybridized carbons (Fsp3) is 0.455. The Morgan fingerprint density at radius 1 is 1.56 bits per heavy atom. The molecule has 1 aromatic rings. The van der Waals surface area contributed by atoms with Crippen molar-refractivity contribution in [2.24, 2.45) is 5.73 Å². The SMILES string of the molecule is CCCC(N)CS(=O)c1ccc(F)c(Cl)c1. The third kappa shape index (κ3) is 3.85. The van der Waals surface area contributed by atoms with Gasteiger partial charge in [-0.1, -0.05) is 24.9 Å². The Bertz CT molecular complexity index is 386. The summed E-state index contributed by atoms with van der Waals surface area (Å²) in [5, 5.41) is -0.00471. The quantitative estimate of drug-likeness (QED) is 0.888. The molecule has 0 spiro atoms. The third-order valence-corrected chi connectivity index (χ3v) is 3.98. The van der Waals surface area contributed by atoms with Gasteiger partial charge in [0.1, 0.15) is 5.82 Å². The summed E-state index contributed by atoms with van der Waals surface area (Å²) in [4.78, 5) is 0.526. The van der Waals surface area contributed by atoms with E-state index in [0.717, 1.165) is 12.8 Å². The lowest BCUT2D eigenvalue weighted by Gasteiger charge is -2.10. The lowest BCUT2D eigenvalue weighted by Crippen LogP contribution is -2.26. The normalized spacial score (nSPS) is 14.8. The molecule has 0 aromatic heterocycles. The van der Waals surface area contributed by atoms with Crippen LogP contribution in [0.15, 0.2) is 23.1 Å². The maximum atomic E-state index is 12.9. The number of rotatable bonds is 5. The molecule has 0 heterocycles. The van der Waals surface area contributed by atoms with E-state index in [0.29, 0.717) is 10.6 Å². The monoisotopic (exact) mass is 263 g/mol. The molecule has 16 heavy (non-hydrogen) atoms. The Morgan fingerprint density at radius 2 is 2.25 bits per heavy atom. The van der Waals surface area contributed by atoms with Crippen molar-refractivity contribution < 1.29 is 8.60 Å². The second-order valence-electron chi connectivity index (χ2n) is 3.64. The average molecular weight is 264 g/mol.